The van der Waals surface area contributed by atoms with Crippen LogP contribution in [0.25, 0.3) is 0 Å². The van der Waals surface area contributed by atoms with E-state index in [9.17, 15) is 14.4 Å². The first-order chi connectivity index (χ1) is 9.61. The van der Waals surface area contributed by atoms with Gasteiger partial charge < -0.3 is 14.4 Å². The molecule has 7 nitrogen and oxygen atoms in total. The molecule has 1 saturated heterocycles. The van der Waals surface area contributed by atoms with E-state index in [0.29, 0.717) is 0 Å². The minimum atomic E-state index is -1.38. The number of ether oxygens (including phenoxy) is 2. The molecule has 106 valence electrons. The topological polar surface area (TPSA) is 99.1 Å². The van der Waals surface area contributed by atoms with Crippen LogP contribution in [-0.2, 0) is 35.4 Å². The standard InChI is InChI=1S/C13H12O7/c14-10-6-9(12(15)20-17)11(19-10)13(16)18-7-8-4-2-1-3-5-8/h1-5,9,11,17H,6-7H2/t9-,11+/m1/s1. The number of cyclic esters (lactones) is 1. The summed E-state index contributed by atoms with van der Waals surface area (Å²) in [4.78, 5) is 37.7. The highest BCUT2D eigenvalue weighted by atomic mass is 17.1. The Hall–Kier alpha value is -2.41. The monoisotopic (exact) mass is 280 g/mol. The van der Waals surface area contributed by atoms with Gasteiger partial charge in [-0.05, 0) is 5.56 Å². The van der Waals surface area contributed by atoms with Crippen LogP contribution >= 0.6 is 0 Å². The van der Waals surface area contributed by atoms with E-state index in [4.69, 9.17) is 14.7 Å². The van der Waals surface area contributed by atoms with Gasteiger partial charge in [0.05, 0.1) is 6.42 Å². The Balaban J connectivity index is 1.97. The second-order valence-electron chi connectivity index (χ2n) is 4.22. The Kier molecular flexibility index (Phi) is 4.31. The maximum Gasteiger partial charge on any atom is 0.350 e. The van der Waals surface area contributed by atoms with E-state index < -0.39 is 29.9 Å². The van der Waals surface area contributed by atoms with E-state index in [1.807, 2.05) is 6.07 Å². The molecule has 7 heteroatoms. The summed E-state index contributed by atoms with van der Waals surface area (Å²) in [5.41, 5.74) is 0.756. The molecule has 2 rings (SSSR count). The lowest BCUT2D eigenvalue weighted by atomic mass is 10.0. The zero-order chi connectivity index (χ0) is 14.5. The zero-order valence-corrected chi connectivity index (χ0v) is 10.4. The van der Waals surface area contributed by atoms with Crippen molar-refractivity contribution in [3.05, 3.63) is 35.9 Å². The Morgan fingerprint density at radius 2 is 1.95 bits per heavy atom. The largest absolute Gasteiger partial charge is 0.458 e. The van der Waals surface area contributed by atoms with Crippen LogP contribution in [0.2, 0.25) is 0 Å². The summed E-state index contributed by atoms with van der Waals surface area (Å²) >= 11 is 0. The Bertz CT molecular complexity index is 511. The maximum atomic E-state index is 11.8. The molecule has 0 bridgehead atoms. The van der Waals surface area contributed by atoms with Crippen molar-refractivity contribution >= 4 is 17.9 Å². The van der Waals surface area contributed by atoms with Gasteiger partial charge >= 0.3 is 17.9 Å². The molecule has 1 N–H and O–H groups in total. The van der Waals surface area contributed by atoms with Crippen LogP contribution in [0, 0.1) is 5.92 Å². The highest BCUT2D eigenvalue weighted by Gasteiger charge is 2.46. The lowest BCUT2D eigenvalue weighted by Gasteiger charge is -2.13. The molecule has 0 saturated carbocycles. The van der Waals surface area contributed by atoms with Crippen molar-refractivity contribution in [2.24, 2.45) is 5.92 Å². The summed E-state index contributed by atoms with van der Waals surface area (Å²) in [6, 6.07) is 8.90. The van der Waals surface area contributed by atoms with Gasteiger partial charge in [0.1, 0.15) is 12.5 Å². The second-order valence-corrected chi connectivity index (χ2v) is 4.22. The first-order valence-electron chi connectivity index (χ1n) is 5.87. The summed E-state index contributed by atoms with van der Waals surface area (Å²) < 4.78 is 9.70. The summed E-state index contributed by atoms with van der Waals surface area (Å²) in [5, 5.41) is 8.32. The van der Waals surface area contributed by atoms with Gasteiger partial charge in [0.2, 0.25) is 6.10 Å². The number of rotatable bonds is 4. The summed E-state index contributed by atoms with van der Waals surface area (Å²) in [6.07, 6.45) is -1.71. The average Bonchev–Trinajstić information content (AvgIpc) is 2.87. The predicted molar refractivity (Wildman–Crippen MR) is 62.9 cm³/mol. The number of carbonyl (C=O) groups excluding carboxylic acids is 3. The fraction of sp³-hybridized carbons (Fsp3) is 0.308. The fourth-order valence-corrected chi connectivity index (χ4v) is 1.86. The second kappa shape index (κ2) is 6.16. The average molecular weight is 280 g/mol. The Morgan fingerprint density at radius 1 is 1.25 bits per heavy atom. The van der Waals surface area contributed by atoms with Crippen molar-refractivity contribution in [2.45, 2.75) is 19.1 Å². The quantitative estimate of drug-likeness (QED) is 0.374. The van der Waals surface area contributed by atoms with Gasteiger partial charge in [-0.1, -0.05) is 30.3 Å². The van der Waals surface area contributed by atoms with E-state index >= 15 is 0 Å². The third-order valence-electron chi connectivity index (χ3n) is 2.86. The van der Waals surface area contributed by atoms with Crippen molar-refractivity contribution in [1.82, 2.24) is 0 Å². The van der Waals surface area contributed by atoms with Crippen molar-refractivity contribution < 1.29 is 34.0 Å². The minimum Gasteiger partial charge on any atom is -0.458 e. The first kappa shape index (κ1) is 14.0. The third-order valence-corrected chi connectivity index (χ3v) is 2.86. The summed E-state index contributed by atoms with van der Waals surface area (Å²) in [5.74, 6) is -3.86. The molecule has 0 spiro atoms. The van der Waals surface area contributed by atoms with Crippen LogP contribution < -0.4 is 0 Å². The summed E-state index contributed by atoms with van der Waals surface area (Å²) in [7, 11) is 0. The summed E-state index contributed by atoms with van der Waals surface area (Å²) in [6.45, 7) is -0.00534. The van der Waals surface area contributed by atoms with Gasteiger partial charge in [-0.25, -0.2) is 9.59 Å². The number of hydrogen-bond donors (Lipinski definition) is 1. The van der Waals surface area contributed by atoms with E-state index in [1.165, 1.54) is 0 Å². The number of carbonyl (C=O) groups is 3. The van der Waals surface area contributed by atoms with Crippen molar-refractivity contribution in [3.8, 4) is 0 Å². The molecule has 0 amide bonds. The van der Waals surface area contributed by atoms with E-state index in [-0.39, 0.29) is 13.0 Å². The lowest BCUT2D eigenvalue weighted by Crippen LogP contribution is -2.34. The number of hydrogen-bond acceptors (Lipinski definition) is 7. The van der Waals surface area contributed by atoms with E-state index in [0.717, 1.165) is 5.56 Å². The van der Waals surface area contributed by atoms with Crippen LogP contribution in [0.5, 0.6) is 0 Å². The molecule has 1 heterocycles. The molecule has 1 aliphatic rings. The van der Waals surface area contributed by atoms with Crippen molar-refractivity contribution in [2.75, 3.05) is 0 Å². The molecular weight excluding hydrogens is 268 g/mol. The zero-order valence-electron chi connectivity index (χ0n) is 10.4. The van der Waals surface area contributed by atoms with Gasteiger partial charge in [-0.3, -0.25) is 4.79 Å². The molecule has 0 aliphatic carbocycles. The van der Waals surface area contributed by atoms with Crippen molar-refractivity contribution in [1.29, 1.82) is 0 Å². The Labute approximate surface area is 114 Å². The molecule has 0 unspecified atom stereocenters. The predicted octanol–water partition coefficient (Wildman–Crippen LogP) is 0.678. The van der Waals surface area contributed by atoms with E-state index in [2.05, 4.69) is 4.89 Å². The molecule has 0 aromatic heterocycles. The van der Waals surface area contributed by atoms with Gasteiger partial charge in [-0.2, -0.15) is 5.26 Å². The molecule has 0 radical (unpaired) electrons. The van der Waals surface area contributed by atoms with Gasteiger partial charge in [0.15, 0.2) is 0 Å². The molecule has 1 fully saturated rings. The molecule has 1 aromatic rings. The SMILES string of the molecule is O=C1C[C@@H](C(=O)OO)[C@@H](C(=O)OCc2ccccc2)O1. The van der Waals surface area contributed by atoms with Crippen molar-refractivity contribution in [3.63, 3.8) is 0 Å². The highest BCUT2D eigenvalue weighted by Crippen LogP contribution is 2.24. The van der Waals surface area contributed by atoms with Gasteiger partial charge in [0.25, 0.3) is 0 Å². The Morgan fingerprint density at radius 3 is 2.60 bits per heavy atom. The van der Waals surface area contributed by atoms with Gasteiger partial charge in [0, 0.05) is 0 Å². The van der Waals surface area contributed by atoms with Crippen LogP contribution in [0.15, 0.2) is 30.3 Å². The fourth-order valence-electron chi connectivity index (χ4n) is 1.86. The lowest BCUT2D eigenvalue weighted by molar-refractivity contribution is -0.240. The molecule has 1 aliphatic heterocycles. The van der Waals surface area contributed by atoms with Crippen LogP contribution in [0.3, 0.4) is 0 Å². The smallest absolute Gasteiger partial charge is 0.350 e. The van der Waals surface area contributed by atoms with Crippen LogP contribution in [0.4, 0.5) is 0 Å². The minimum absolute atomic E-state index is 0.00534. The molecule has 2 atom stereocenters. The molecule has 1 aromatic carbocycles. The molecule has 20 heavy (non-hydrogen) atoms. The van der Waals surface area contributed by atoms with Crippen LogP contribution in [-0.4, -0.2) is 29.3 Å². The maximum absolute atomic E-state index is 11.8. The number of esters is 2. The third kappa shape index (κ3) is 3.12. The van der Waals surface area contributed by atoms with E-state index in [1.54, 1.807) is 24.3 Å². The highest BCUT2D eigenvalue weighted by molar-refractivity contribution is 5.91. The molecular formula is C13H12O7. The number of benzene rings is 1. The normalized spacial score (nSPS) is 21.1. The van der Waals surface area contributed by atoms with Gasteiger partial charge in [-0.15, -0.1) is 0 Å². The van der Waals surface area contributed by atoms with Crippen LogP contribution in [0.1, 0.15) is 12.0 Å². The first-order valence-corrected chi connectivity index (χ1v) is 5.87.